The topological polar surface area (TPSA) is 20.2 Å². The summed E-state index contributed by atoms with van der Waals surface area (Å²) in [6, 6.07) is 0. The molecule has 92 valence electrons. The minimum atomic E-state index is -1.16. The molecule has 0 fully saturated rings. The molecule has 0 aliphatic heterocycles. The highest BCUT2D eigenvalue weighted by atomic mass is 16.2. The molecule has 0 spiro atoms. The number of hydrogen-bond donors (Lipinski definition) is 1. The number of hydrogen-bond acceptors (Lipinski definition) is 1. The molecule has 0 heterocycles. The monoisotopic (exact) mass is 213 g/mol. The average molecular weight is 213 g/mol. The smallest absolute Gasteiger partial charge is 0.114 e. The third-order valence-electron chi connectivity index (χ3n) is 4.28. The Morgan fingerprint density at radius 2 is 1.20 bits per heavy atom. The first kappa shape index (κ1) is 15.0. The first-order valence-corrected chi connectivity index (χ1v) is 6.96. The minimum absolute atomic E-state index is 0.534. The van der Waals surface area contributed by atoms with Crippen molar-refractivity contribution in [3.05, 3.63) is 0 Å². The molecule has 2 unspecified atom stereocenters. The minimum Gasteiger partial charge on any atom is -0.604 e. The molecule has 1 nitrogen and oxygen atoms in total. The fraction of sp³-hybridized carbons (Fsp3) is 1.00. The van der Waals surface area contributed by atoms with Crippen LogP contribution in [-0.4, -0.2) is 11.4 Å². The summed E-state index contributed by atoms with van der Waals surface area (Å²) in [6.45, 7) is 11.0. The Bertz CT molecular complexity index is 141. The van der Waals surface area contributed by atoms with E-state index in [9.17, 15) is 5.02 Å². The van der Waals surface area contributed by atoms with E-state index in [1.807, 2.05) is 0 Å². The Labute approximate surface area is 96.6 Å². The quantitative estimate of drug-likeness (QED) is 0.578. The van der Waals surface area contributed by atoms with Crippen LogP contribution in [0, 0.1) is 0 Å². The van der Waals surface area contributed by atoms with Crippen LogP contribution >= 0.6 is 0 Å². The van der Waals surface area contributed by atoms with Gasteiger partial charge in [-0.1, -0.05) is 66.2 Å². The van der Waals surface area contributed by atoms with E-state index in [2.05, 4.69) is 34.5 Å². The summed E-state index contributed by atoms with van der Waals surface area (Å²) in [4.78, 5) is 0. The highest BCUT2D eigenvalue weighted by Gasteiger charge is 2.31. The Balaban J connectivity index is 4.55. The van der Waals surface area contributed by atoms with Gasteiger partial charge in [0.15, 0.2) is 0 Å². The lowest BCUT2D eigenvalue weighted by Gasteiger charge is -2.45. The van der Waals surface area contributed by atoms with Crippen molar-refractivity contribution in [1.82, 2.24) is 0 Å². The van der Waals surface area contributed by atoms with Gasteiger partial charge in [0.2, 0.25) is 0 Å². The molecular formula is C13H30BO-. The Morgan fingerprint density at radius 1 is 0.867 bits per heavy atom. The van der Waals surface area contributed by atoms with Crippen LogP contribution in [0.3, 0.4) is 0 Å². The van der Waals surface area contributed by atoms with Crippen molar-refractivity contribution < 1.29 is 5.02 Å². The van der Waals surface area contributed by atoms with E-state index in [-0.39, 0.29) is 0 Å². The molecule has 0 rings (SSSR count). The van der Waals surface area contributed by atoms with Crippen molar-refractivity contribution in [1.29, 1.82) is 0 Å². The highest BCUT2D eigenvalue weighted by molar-refractivity contribution is 6.74. The lowest BCUT2D eigenvalue weighted by Crippen LogP contribution is -2.41. The first-order valence-electron chi connectivity index (χ1n) is 6.96. The predicted octanol–water partition coefficient (Wildman–Crippen LogP) is 4.71. The SMILES string of the molecule is CCCC(CC)[B-](C)(O)C(CC)CCC. The molecule has 0 aromatic heterocycles. The van der Waals surface area contributed by atoms with E-state index in [4.69, 9.17) is 0 Å². The van der Waals surface area contributed by atoms with Crippen LogP contribution in [-0.2, 0) is 0 Å². The molecule has 2 heteroatoms. The van der Waals surface area contributed by atoms with Gasteiger partial charge in [-0.05, 0) is 0 Å². The van der Waals surface area contributed by atoms with E-state index in [1.165, 1.54) is 25.7 Å². The lowest BCUT2D eigenvalue weighted by molar-refractivity contribution is 0.448. The summed E-state index contributed by atoms with van der Waals surface area (Å²) >= 11 is 0. The van der Waals surface area contributed by atoms with Crippen LogP contribution in [0.1, 0.15) is 66.2 Å². The maximum Gasteiger partial charge on any atom is 0.114 e. The van der Waals surface area contributed by atoms with E-state index in [1.54, 1.807) is 0 Å². The normalized spacial score (nSPS) is 19.6. The number of rotatable bonds is 8. The summed E-state index contributed by atoms with van der Waals surface area (Å²) < 4.78 is 0. The molecule has 0 aliphatic rings. The first-order chi connectivity index (χ1) is 7.04. The van der Waals surface area contributed by atoms with Crippen molar-refractivity contribution in [3.8, 4) is 0 Å². The van der Waals surface area contributed by atoms with Gasteiger partial charge in [0, 0.05) is 0 Å². The van der Waals surface area contributed by atoms with Gasteiger partial charge in [0.25, 0.3) is 0 Å². The average Bonchev–Trinajstić information content (AvgIpc) is 2.21. The zero-order chi connectivity index (χ0) is 11.9. The van der Waals surface area contributed by atoms with Crippen molar-refractivity contribution in [2.45, 2.75) is 84.7 Å². The highest BCUT2D eigenvalue weighted by Crippen LogP contribution is 2.40. The second kappa shape index (κ2) is 7.32. The van der Waals surface area contributed by atoms with Crippen molar-refractivity contribution in [2.24, 2.45) is 0 Å². The van der Waals surface area contributed by atoms with E-state index < -0.39 is 6.35 Å². The zero-order valence-electron chi connectivity index (χ0n) is 11.4. The molecule has 0 amide bonds. The van der Waals surface area contributed by atoms with E-state index in [0.717, 1.165) is 12.8 Å². The molecule has 0 radical (unpaired) electrons. The summed E-state index contributed by atoms with van der Waals surface area (Å²) in [5, 5.41) is 10.8. The second-order valence-corrected chi connectivity index (χ2v) is 5.33. The molecule has 0 aliphatic carbocycles. The molecular weight excluding hydrogens is 183 g/mol. The second-order valence-electron chi connectivity index (χ2n) is 5.33. The van der Waals surface area contributed by atoms with Gasteiger partial charge in [-0.2, -0.15) is 6.82 Å². The van der Waals surface area contributed by atoms with Crippen LogP contribution in [0.2, 0.25) is 18.5 Å². The van der Waals surface area contributed by atoms with Gasteiger partial charge in [0.05, 0.1) is 0 Å². The van der Waals surface area contributed by atoms with E-state index >= 15 is 0 Å². The molecule has 0 saturated carbocycles. The fourth-order valence-corrected chi connectivity index (χ4v) is 3.16. The third kappa shape index (κ3) is 4.18. The largest absolute Gasteiger partial charge is 0.604 e. The van der Waals surface area contributed by atoms with Gasteiger partial charge in [-0.15, -0.1) is 11.6 Å². The summed E-state index contributed by atoms with van der Waals surface area (Å²) in [6.07, 6.45) is 5.85. The molecule has 2 atom stereocenters. The molecule has 0 aromatic carbocycles. The molecule has 0 aromatic rings. The zero-order valence-corrected chi connectivity index (χ0v) is 11.4. The van der Waals surface area contributed by atoms with Gasteiger partial charge in [-0.25, -0.2) is 0 Å². The molecule has 0 bridgehead atoms. The molecule has 1 N–H and O–H groups in total. The van der Waals surface area contributed by atoms with Crippen LogP contribution in [0.25, 0.3) is 0 Å². The third-order valence-corrected chi connectivity index (χ3v) is 4.28. The van der Waals surface area contributed by atoms with Gasteiger partial charge in [0.1, 0.15) is 6.35 Å². The van der Waals surface area contributed by atoms with Crippen LogP contribution in [0.4, 0.5) is 0 Å². The summed E-state index contributed by atoms with van der Waals surface area (Å²) in [5.74, 6) is 1.07. The fourth-order valence-electron chi connectivity index (χ4n) is 3.16. The Kier molecular flexibility index (Phi) is 7.34. The van der Waals surface area contributed by atoms with Crippen LogP contribution in [0.5, 0.6) is 0 Å². The van der Waals surface area contributed by atoms with Crippen molar-refractivity contribution in [3.63, 3.8) is 0 Å². The maximum absolute atomic E-state index is 10.8. The standard InChI is InChI=1S/C13H30BO/c1-6-10-12(8-3)14(5,15)13(9-4)11-7-2/h12-13,15H,6-11H2,1-5H3/q-1. The van der Waals surface area contributed by atoms with Crippen molar-refractivity contribution >= 4 is 6.35 Å². The van der Waals surface area contributed by atoms with Gasteiger partial charge >= 0.3 is 0 Å². The predicted molar refractivity (Wildman–Crippen MR) is 71.7 cm³/mol. The maximum atomic E-state index is 10.8. The Hall–Kier alpha value is 0.0249. The van der Waals surface area contributed by atoms with Crippen LogP contribution in [0.15, 0.2) is 0 Å². The molecule has 0 saturated heterocycles. The van der Waals surface area contributed by atoms with Gasteiger partial charge < -0.3 is 5.02 Å². The Morgan fingerprint density at radius 3 is 1.40 bits per heavy atom. The van der Waals surface area contributed by atoms with Crippen molar-refractivity contribution in [2.75, 3.05) is 0 Å². The van der Waals surface area contributed by atoms with E-state index in [0.29, 0.717) is 11.6 Å². The molecule has 15 heavy (non-hydrogen) atoms. The lowest BCUT2D eigenvalue weighted by atomic mass is 9.26. The van der Waals surface area contributed by atoms with Gasteiger partial charge in [-0.3, -0.25) is 0 Å². The van der Waals surface area contributed by atoms with Crippen LogP contribution < -0.4 is 0 Å². The summed E-state index contributed by atoms with van der Waals surface area (Å²) in [5.41, 5.74) is 0. The summed E-state index contributed by atoms with van der Waals surface area (Å²) in [7, 11) is 0.